The highest BCUT2D eigenvalue weighted by atomic mass is 19.4. The molecule has 0 aromatic carbocycles. The Morgan fingerprint density at radius 3 is 1.26 bits per heavy atom. The first-order valence-corrected chi connectivity index (χ1v) is 5.62. The highest BCUT2D eigenvalue weighted by molar-refractivity contribution is 5.94. The normalized spacial score (nSPS) is 21.2. The average Bonchev–Trinajstić information content (AvgIpc) is 2.40. The minimum Gasteiger partial charge on any atom is -0.289 e. The number of alkyl halides is 14. The van der Waals surface area contributed by atoms with Gasteiger partial charge < -0.3 is 0 Å². The molecule has 0 aromatic heterocycles. The molecule has 0 heterocycles. The summed E-state index contributed by atoms with van der Waals surface area (Å²) in [5, 5.41) is 0. The van der Waals surface area contributed by atoms with Gasteiger partial charge in [-0.1, -0.05) is 0 Å². The molecular formula is C9H3F15O3. The van der Waals surface area contributed by atoms with Crippen LogP contribution in [0.15, 0.2) is 0 Å². The van der Waals surface area contributed by atoms with Crippen LogP contribution in [0.1, 0.15) is 6.92 Å². The molecule has 0 aliphatic rings. The molecule has 0 aromatic rings. The van der Waals surface area contributed by atoms with Crippen molar-refractivity contribution in [3.8, 4) is 0 Å². The van der Waals surface area contributed by atoms with Crippen LogP contribution in [-0.2, 0) is 14.5 Å². The number of ketones is 1. The molecule has 0 N–H and O–H groups in total. The number of Topliss-reactive ketones (excluding diaryl/α,β-unsaturated/α-hetero) is 1. The lowest BCUT2D eigenvalue weighted by atomic mass is 9.95. The van der Waals surface area contributed by atoms with Gasteiger partial charge >= 0.3 is 36.3 Å². The van der Waals surface area contributed by atoms with Gasteiger partial charge in [0.05, 0.1) is 0 Å². The molecule has 0 saturated carbocycles. The average molecular weight is 444 g/mol. The van der Waals surface area contributed by atoms with Crippen molar-refractivity contribution in [2.75, 3.05) is 0 Å². The van der Waals surface area contributed by atoms with Crippen molar-refractivity contribution in [1.82, 2.24) is 0 Å². The highest BCUT2D eigenvalue weighted by Gasteiger charge is 2.82. The molecule has 0 spiro atoms. The summed E-state index contributed by atoms with van der Waals surface area (Å²) in [4.78, 5) is 12.1. The van der Waals surface area contributed by atoms with Gasteiger partial charge in [0.2, 0.25) is 0 Å². The number of hydrogen-bond acceptors (Lipinski definition) is 3. The third-order valence-corrected chi connectivity index (χ3v) is 2.73. The molecular weight excluding hydrogens is 441 g/mol. The van der Waals surface area contributed by atoms with E-state index in [2.05, 4.69) is 0 Å². The number of carbonyl (C=O) groups excluding carboxylic acids is 1. The fourth-order valence-electron chi connectivity index (χ4n) is 1.16. The minimum atomic E-state index is -7.48. The van der Waals surface area contributed by atoms with Crippen LogP contribution in [0.3, 0.4) is 0 Å². The van der Waals surface area contributed by atoms with Gasteiger partial charge in [0.1, 0.15) is 0 Å². The molecule has 0 amide bonds. The third-order valence-electron chi connectivity index (χ3n) is 2.73. The number of hydrogen-bond donors (Lipinski definition) is 0. The second-order valence-electron chi connectivity index (χ2n) is 4.71. The number of carbonyl (C=O) groups is 1. The first kappa shape index (κ1) is 25.5. The van der Waals surface area contributed by atoms with Crippen LogP contribution < -0.4 is 0 Å². The summed E-state index contributed by atoms with van der Waals surface area (Å²) in [5.74, 6) is -19.0. The van der Waals surface area contributed by atoms with E-state index in [1.54, 1.807) is 4.74 Å². The van der Waals surface area contributed by atoms with Crippen molar-refractivity contribution in [3.63, 3.8) is 0 Å². The van der Waals surface area contributed by atoms with Crippen molar-refractivity contribution < 1.29 is 80.5 Å². The van der Waals surface area contributed by atoms with Crippen LogP contribution in [-0.4, -0.2) is 47.8 Å². The van der Waals surface area contributed by atoms with Crippen LogP contribution in [0.2, 0.25) is 0 Å². The van der Waals surface area contributed by atoms with Gasteiger partial charge in [-0.2, -0.15) is 57.1 Å². The van der Waals surface area contributed by atoms with E-state index in [1.165, 1.54) is 0 Å². The first-order valence-electron chi connectivity index (χ1n) is 5.62. The van der Waals surface area contributed by atoms with Crippen molar-refractivity contribution in [2.24, 2.45) is 0 Å². The molecule has 3 atom stereocenters. The zero-order valence-electron chi connectivity index (χ0n) is 11.9. The Morgan fingerprint density at radius 2 is 1.04 bits per heavy atom. The Hall–Kier alpha value is -1.46. The van der Waals surface area contributed by atoms with E-state index < -0.39 is 54.7 Å². The number of halogens is 15. The van der Waals surface area contributed by atoms with E-state index in [0.717, 1.165) is 4.94 Å². The topological polar surface area (TPSA) is 35.5 Å². The summed E-state index contributed by atoms with van der Waals surface area (Å²) >= 11 is 0. The maximum Gasteiger partial charge on any atom is 0.461 e. The van der Waals surface area contributed by atoms with Gasteiger partial charge in [0.15, 0.2) is 0 Å². The fourth-order valence-corrected chi connectivity index (χ4v) is 1.16. The van der Waals surface area contributed by atoms with Crippen molar-refractivity contribution in [1.29, 1.82) is 0 Å². The zero-order chi connectivity index (χ0) is 22.5. The van der Waals surface area contributed by atoms with E-state index in [4.69, 9.17) is 0 Å². The summed E-state index contributed by atoms with van der Waals surface area (Å²) in [6.45, 7) is -1.13. The van der Waals surface area contributed by atoms with E-state index >= 15 is 0 Å². The van der Waals surface area contributed by atoms with Crippen molar-refractivity contribution in [2.45, 2.75) is 48.9 Å². The molecule has 0 radical (unpaired) electrons. The van der Waals surface area contributed by atoms with Crippen molar-refractivity contribution in [3.05, 3.63) is 0 Å². The molecule has 162 valence electrons. The molecule has 18 heteroatoms. The monoisotopic (exact) mass is 444 g/mol. The van der Waals surface area contributed by atoms with Gasteiger partial charge in [0, 0.05) is 0 Å². The van der Waals surface area contributed by atoms with Gasteiger partial charge in [-0.05, 0) is 11.4 Å². The molecule has 0 aliphatic heterocycles. The summed E-state index contributed by atoms with van der Waals surface area (Å²) in [5.41, 5.74) is -5.97. The van der Waals surface area contributed by atoms with Crippen LogP contribution in [0.4, 0.5) is 66.0 Å². The van der Waals surface area contributed by atoms with Gasteiger partial charge in [-0.25, -0.2) is 4.39 Å². The van der Waals surface area contributed by atoms with E-state index in [0.29, 0.717) is 0 Å². The second kappa shape index (κ2) is 6.56. The number of rotatable bonds is 6. The quantitative estimate of drug-likeness (QED) is 0.552. The third kappa shape index (κ3) is 4.04. The Morgan fingerprint density at radius 1 is 0.667 bits per heavy atom. The summed E-state index contributed by atoms with van der Waals surface area (Å²) in [7, 11) is 0. The summed E-state index contributed by atoms with van der Waals surface area (Å²) in [6, 6.07) is 0. The highest BCUT2D eigenvalue weighted by Crippen LogP contribution is 2.53. The fraction of sp³-hybridized carbons (Fsp3) is 0.889. The molecule has 0 bridgehead atoms. The Kier molecular flexibility index (Phi) is 6.20. The first-order chi connectivity index (χ1) is 11.4. The van der Waals surface area contributed by atoms with Gasteiger partial charge in [-0.15, -0.1) is 4.94 Å². The Bertz CT molecular complexity index is 560. The van der Waals surface area contributed by atoms with Gasteiger partial charge in [-0.3, -0.25) is 9.53 Å². The molecule has 0 saturated heterocycles. The predicted molar refractivity (Wildman–Crippen MR) is 48.6 cm³/mol. The molecule has 0 rings (SSSR count). The smallest absolute Gasteiger partial charge is 0.289 e. The summed E-state index contributed by atoms with van der Waals surface area (Å²) < 4.78 is 189. The SMILES string of the molecule is CC(F)(C(=O)C(F)(OC(F)(F)C(F)(OF)C(F)(F)F)C(F)(F)F)C(F)(F)F. The Balaban J connectivity index is 6.50. The molecule has 27 heavy (non-hydrogen) atoms. The zero-order valence-corrected chi connectivity index (χ0v) is 11.9. The van der Waals surface area contributed by atoms with Crippen LogP contribution in [0, 0.1) is 0 Å². The molecule has 0 aliphatic carbocycles. The number of ether oxygens (including phenoxy) is 1. The molecule has 0 fully saturated rings. The van der Waals surface area contributed by atoms with Gasteiger partial charge in [0.25, 0.3) is 11.5 Å². The lowest BCUT2D eigenvalue weighted by molar-refractivity contribution is -0.526. The predicted octanol–water partition coefficient (Wildman–Crippen LogP) is 4.81. The Labute approximate surface area is 136 Å². The second-order valence-corrected chi connectivity index (χ2v) is 4.71. The lowest BCUT2D eigenvalue weighted by Gasteiger charge is -2.37. The van der Waals surface area contributed by atoms with Crippen molar-refractivity contribution >= 4 is 5.78 Å². The lowest BCUT2D eigenvalue weighted by Crippen LogP contribution is -2.67. The largest absolute Gasteiger partial charge is 0.461 e. The maximum atomic E-state index is 13.6. The van der Waals surface area contributed by atoms with Crippen LogP contribution in [0.5, 0.6) is 0 Å². The summed E-state index contributed by atoms with van der Waals surface area (Å²) in [6.07, 6.45) is -28.9. The molecule has 3 nitrogen and oxygen atoms in total. The standard InChI is InChI=1S/C9H3F15O3/c1-3(10,6(13,14)15)2(25)4(11,7(16,17)18)26-9(22,23)5(12,27-24)8(19,20)21/h1H3. The maximum absolute atomic E-state index is 13.6. The van der Waals surface area contributed by atoms with Crippen LogP contribution >= 0.6 is 0 Å². The van der Waals surface area contributed by atoms with E-state index in [9.17, 15) is 70.8 Å². The molecule has 3 unspecified atom stereocenters. The minimum absolute atomic E-state index is 1.13. The van der Waals surface area contributed by atoms with E-state index in [1.807, 2.05) is 0 Å². The van der Waals surface area contributed by atoms with E-state index in [-0.39, 0.29) is 0 Å². The van der Waals surface area contributed by atoms with Crippen LogP contribution in [0.25, 0.3) is 0 Å².